The lowest BCUT2D eigenvalue weighted by Gasteiger charge is -2.15. The summed E-state index contributed by atoms with van der Waals surface area (Å²) >= 11 is 6.75. The molecule has 0 spiro atoms. The van der Waals surface area contributed by atoms with Gasteiger partial charge in [-0.3, -0.25) is 15.6 Å². The Kier molecular flexibility index (Phi) is 4.76. The van der Waals surface area contributed by atoms with E-state index < -0.39 is 0 Å². The van der Waals surface area contributed by atoms with Crippen molar-refractivity contribution in [1.29, 1.82) is 0 Å². The molecule has 1 aromatic heterocycles. The summed E-state index contributed by atoms with van der Waals surface area (Å²) < 4.78 is 0. The quantitative estimate of drug-likeness (QED) is 0.578. The van der Waals surface area contributed by atoms with Crippen molar-refractivity contribution >= 4 is 34.6 Å². The van der Waals surface area contributed by atoms with Crippen molar-refractivity contribution < 1.29 is 4.79 Å². The number of aryl methyl sites for hydroxylation is 1. The van der Waals surface area contributed by atoms with Crippen LogP contribution in [0.4, 0.5) is 0 Å². The van der Waals surface area contributed by atoms with Crippen LogP contribution in [0.5, 0.6) is 0 Å². The molecule has 0 bridgehead atoms. The van der Waals surface area contributed by atoms with Crippen LogP contribution >= 0.6 is 23.6 Å². The predicted octanol–water partition coefficient (Wildman–Crippen LogP) is 2.14. The van der Waals surface area contributed by atoms with Crippen LogP contribution in [-0.2, 0) is 12.8 Å². The van der Waals surface area contributed by atoms with Crippen LogP contribution in [-0.4, -0.2) is 17.1 Å². The SMILES string of the molecule is CC(C)NC(=S)NNC(=O)c1csc2c1CCCC2. The number of carbonyl (C=O) groups is 1. The molecule has 1 amide bonds. The average molecular weight is 297 g/mol. The Morgan fingerprint density at radius 3 is 2.79 bits per heavy atom. The first-order valence-corrected chi connectivity index (χ1v) is 7.83. The summed E-state index contributed by atoms with van der Waals surface area (Å²) in [6.45, 7) is 3.98. The van der Waals surface area contributed by atoms with Gasteiger partial charge < -0.3 is 5.32 Å². The summed E-state index contributed by atoms with van der Waals surface area (Å²) in [5, 5.41) is 5.40. The van der Waals surface area contributed by atoms with Gasteiger partial charge in [-0.05, 0) is 57.3 Å². The van der Waals surface area contributed by atoms with E-state index in [1.165, 1.54) is 23.3 Å². The van der Waals surface area contributed by atoms with Gasteiger partial charge in [0.2, 0.25) is 0 Å². The summed E-state index contributed by atoms with van der Waals surface area (Å²) in [5.74, 6) is -0.104. The van der Waals surface area contributed by atoms with Gasteiger partial charge in [0.15, 0.2) is 5.11 Å². The van der Waals surface area contributed by atoms with E-state index in [0.717, 1.165) is 18.4 Å². The Bertz CT molecular complexity index is 482. The molecule has 6 heteroatoms. The first-order chi connectivity index (χ1) is 9.08. The monoisotopic (exact) mass is 297 g/mol. The smallest absolute Gasteiger partial charge is 0.270 e. The molecular weight excluding hydrogens is 278 g/mol. The van der Waals surface area contributed by atoms with E-state index in [1.807, 2.05) is 19.2 Å². The molecule has 0 atom stereocenters. The fraction of sp³-hybridized carbons (Fsp3) is 0.538. The Hall–Kier alpha value is -1.14. The van der Waals surface area contributed by atoms with Crippen LogP contribution in [0.1, 0.15) is 47.5 Å². The van der Waals surface area contributed by atoms with Crippen LogP contribution in [0, 0.1) is 0 Å². The summed E-state index contributed by atoms with van der Waals surface area (Å²) in [5.41, 5.74) is 7.40. The fourth-order valence-electron chi connectivity index (χ4n) is 2.16. The molecule has 0 aromatic carbocycles. The number of thiocarbonyl (C=S) groups is 1. The molecule has 4 nitrogen and oxygen atoms in total. The van der Waals surface area contributed by atoms with Gasteiger partial charge in [0.1, 0.15) is 0 Å². The van der Waals surface area contributed by atoms with E-state index in [9.17, 15) is 4.79 Å². The molecule has 0 radical (unpaired) electrons. The zero-order valence-electron chi connectivity index (χ0n) is 11.2. The van der Waals surface area contributed by atoms with Gasteiger partial charge in [-0.2, -0.15) is 0 Å². The largest absolute Gasteiger partial charge is 0.359 e. The van der Waals surface area contributed by atoms with Crippen LogP contribution in [0.15, 0.2) is 5.38 Å². The van der Waals surface area contributed by atoms with E-state index in [0.29, 0.717) is 5.11 Å². The van der Waals surface area contributed by atoms with Gasteiger partial charge in [0.05, 0.1) is 5.56 Å². The molecule has 0 unspecified atom stereocenters. The number of carbonyl (C=O) groups excluding carboxylic acids is 1. The van der Waals surface area contributed by atoms with Crippen molar-refractivity contribution in [3.05, 3.63) is 21.4 Å². The minimum Gasteiger partial charge on any atom is -0.359 e. The van der Waals surface area contributed by atoms with Crippen molar-refractivity contribution in [2.24, 2.45) is 0 Å². The van der Waals surface area contributed by atoms with Gasteiger partial charge in [-0.15, -0.1) is 11.3 Å². The lowest BCUT2D eigenvalue weighted by molar-refractivity contribution is 0.0943. The number of hydrazine groups is 1. The number of thiophene rings is 1. The fourth-order valence-corrected chi connectivity index (χ4v) is 3.58. The van der Waals surface area contributed by atoms with E-state index in [4.69, 9.17) is 12.2 Å². The Morgan fingerprint density at radius 1 is 1.32 bits per heavy atom. The molecule has 1 aromatic rings. The van der Waals surface area contributed by atoms with Gasteiger partial charge in [0.25, 0.3) is 5.91 Å². The maximum Gasteiger partial charge on any atom is 0.270 e. The lowest BCUT2D eigenvalue weighted by atomic mass is 9.96. The minimum atomic E-state index is -0.104. The molecule has 104 valence electrons. The zero-order valence-corrected chi connectivity index (χ0v) is 12.8. The number of fused-ring (bicyclic) bond motifs is 1. The zero-order chi connectivity index (χ0) is 13.8. The van der Waals surface area contributed by atoms with Crippen molar-refractivity contribution in [3.63, 3.8) is 0 Å². The van der Waals surface area contributed by atoms with Crippen molar-refractivity contribution in [3.8, 4) is 0 Å². The molecule has 1 heterocycles. The first kappa shape index (κ1) is 14.3. The second kappa shape index (κ2) is 6.34. The Labute approximate surface area is 122 Å². The van der Waals surface area contributed by atoms with Gasteiger partial charge >= 0.3 is 0 Å². The van der Waals surface area contributed by atoms with Crippen LogP contribution < -0.4 is 16.2 Å². The highest BCUT2D eigenvalue weighted by atomic mass is 32.1. The summed E-state index contributed by atoms with van der Waals surface area (Å²) in [6, 6.07) is 0.241. The molecule has 0 aliphatic heterocycles. The van der Waals surface area contributed by atoms with E-state index in [1.54, 1.807) is 11.3 Å². The summed E-state index contributed by atoms with van der Waals surface area (Å²) in [6.07, 6.45) is 4.52. The first-order valence-electron chi connectivity index (χ1n) is 6.54. The third-order valence-electron chi connectivity index (χ3n) is 3.02. The number of rotatable bonds is 2. The average Bonchev–Trinajstić information content (AvgIpc) is 2.79. The van der Waals surface area contributed by atoms with E-state index in [2.05, 4.69) is 16.2 Å². The molecule has 0 fully saturated rings. The molecule has 19 heavy (non-hydrogen) atoms. The predicted molar refractivity (Wildman–Crippen MR) is 82.4 cm³/mol. The third kappa shape index (κ3) is 3.67. The topological polar surface area (TPSA) is 53.2 Å². The normalized spacial score (nSPS) is 13.8. The van der Waals surface area contributed by atoms with Crippen molar-refractivity contribution in [1.82, 2.24) is 16.2 Å². The second-order valence-corrected chi connectivity index (χ2v) is 6.34. The minimum absolute atomic E-state index is 0.104. The highest BCUT2D eigenvalue weighted by molar-refractivity contribution is 7.80. The molecule has 0 saturated carbocycles. The second-order valence-electron chi connectivity index (χ2n) is 4.97. The molecular formula is C13H19N3OS2. The maximum absolute atomic E-state index is 12.1. The van der Waals surface area contributed by atoms with Crippen LogP contribution in [0.2, 0.25) is 0 Å². The van der Waals surface area contributed by atoms with Crippen LogP contribution in [0.3, 0.4) is 0 Å². The molecule has 1 aliphatic carbocycles. The Morgan fingerprint density at radius 2 is 2.05 bits per heavy atom. The summed E-state index contributed by atoms with van der Waals surface area (Å²) in [4.78, 5) is 13.5. The Balaban J connectivity index is 1.93. The molecule has 3 N–H and O–H groups in total. The molecule has 1 aliphatic rings. The number of amides is 1. The molecule has 0 saturated heterocycles. The van der Waals surface area contributed by atoms with E-state index >= 15 is 0 Å². The molecule has 2 rings (SSSR count). The standard InChI is InChI=1S/C13H19N3OS2/c1-8(2)14-13(18)16-15-12(17)10-7-19-11-6-4-3-5-9(10)11/h7-8H,3-6H2,1-2H3,(H,15,17)(H2,14,16,18). The number of hydrogen-bond donors (Lipinski definition) is 3. The van der Waals surface area contributed by atoms with Crippen molar-refractivity contribution in [2.75, 3.05) is 0 Å². The number of nitrogens with one attached hydrogen (secondary N) is 3. The van der Waals surface area contributed by atoms with Gasteiger partial charge in [0, 0.05) is 16.3 Å². The third-order valence-corrected chi connectivity index (χ3v) is 4.32. The van der Waals surface area contributed by atoms with Gasteiger partial charge in [-0.25, -0.2) is 0 Å². The number of hydrogen-bond acceptors (Lipinski definition) is 3. The highest BCUT2D eigenvalue weighted by Gasteiger charge is 2.19. The van der Waals surface area contributed by atoms with Crippen molar-refractivity contribution in [2.45, 2.75) is 45.6 Å². The van der Waals surface area contributed by atoms with Gasteiger partial charge in [-0.1, -0.05) is 0 Å². The van der Waals surface area contributed by atoms with Crippen LogP contribution in [0.25, 0.3) is 0 Å². The highest BCUT2D eigenvalue weighted by Crippen LogP contribution is 2.29. The summed E-state index contributed by atoms with van der Waals surface area (Å²) in [7, 11) is 0. The lowest BCUT2D eigenvalue weighted by Crippen LogP contribution is -2.48. The van der Waals surface area contributed by atoms with E-state index in [-0.39, 0.29) is 11.9 Å². The maximum atomic E-state index is 12.1.